The van der Waals surface area contributed by atoms with Crippen LogP contribution in [0.3, 0.4) is 0 Å². The summed E-state index contributed by atoms with van der Waals surface area (Å²) < 4.78 is 71.2. The van der Waals surface area contributed by atoms with E-state index in [9.17, 15) is 21.6 Å². The van der Waals surface area contributed by atoms with Crippen molar-refractivity contribution in [3.8, 4) is 11.5 Å². The van der Waals surface area contributed by atoms with Crippen molar-refractivity contribution >= 4 is 10.1 Å². The van der Waals surface area contributed by atoms with Gasteiger partial charge in [0.05, 0.1) is 0 Å². The molecule has 0 bridgehead atoms. The SMILES string of the molecule is CCCN(C1CCCC1)[C@H]1COc2cccc(OS(=O)(=O)C(F)(F)F)c2C1. The summed E-state index contributed by atoms with van der Waals surface area (Å²) in [5.74, 6) is 0.0707. The molecule has 1 saturated carbocycles. The maximum atomic E-state index is 12.7. The van der Waals surface area contributed by atoms with Gasteiger partial charge >= 0.3 is 15.6 Å². The van der Waals surface area contributed by atoms with E-state index in [1.54, 1.807) is 6.07 Å². The van der Waals surface area contributed by atoms with Crippen molar-refractivity contribution in [1.82, 2.24) is 4.90 Å². The van der Waals surface area contributed by atoms with E-state index in [1.807, 2.05) is 0 Å². The molecule has 3 rings (SSSR count). The summed E-state index contributed by atoms with van der Waals surface area (Å²) in [6.07, 6.45) is 5.91. The highest BCUT2D eigenvalue weighted by atomic mass is 32.2. The summed E-state index contributed by atoms with van der Waals surface area (Å²) in [6.45, 7) is 3.39. The molecule has 0 spiro atoms. The van der Waals surface area contributed by atoms with Crippen LogP contribution in [-0.2, 0) is 16.5 Å². The van der Waals surface area contributed by atoms with Crippen LogP contribution in [0.4, 0.5) is 13.2 Å². The second-order valence-electron chi connectivity index (χ2n) is 7.06. The molecule has 0 N–H and O–H groups in total. The highest BCUT2D eigenvalue weighted by Gasteiger charge is 2.49. The smallest absolute Gasteiger partial charge is 0.492 e. The number of fused-ring (bicyclic) bond motifs is 1. The first-order valence-corrected chi connectivity index (χ1v) is 10.6. The van der Waals surface area contributed by atoms with E-state index in [0.717, 1.165) is 25.8 Å². The van der Waals surface area contributed by atoms with Crippen molar-refractivity contribution in [2.24, 2.45) is 0 Å². The molecule has 0 unspecified atom stereocenters. The summed E-state index contributed by atoms with van der Waals surface area (Å²) in [6, 6.07) is 4.72. The predicted molar refractivity (Wildman–Crippen MR) is 94.3 cm³/mol. The van der Waals surface area contributed by atoms with Crippen molar-refractivity contribution in [2.45, 2.75) is 63.0 Å². The fourth-order valence-electron chi connectivity index (χ4n) is 3.98. The molecule has 0 amide bonds. The second-order valence-corrected chi connectivity index (χ2v) is 8.60. The van der Waals surface area contributed by atoms with Gasteiger partial charge in [0.15, 0.2) is 0 Å². The number of ether oxygens (including phenoxy) is 1. The normalized spacial score (nSPS) is 21.1. The molecule has 1 aliphatic carbocycles. The molecule has 2 aliphatic rings. The number of nitrogens with zero attached hydrogens (tertiary/aromatic N) is 1. The maximum Gasteiger partial charge on any atom is 0.534 e. The summed E-state index contributed by atoms with van der Waals surface area (Å²) in [4.78, 5) is 2.37. The molecule has 27 heavy (non-hydrogen) atoms. The average Bonchev–Trinajstić information content (AvgIpc) is 3.13. The van der Waals surface area contributed by atoms with Crippen molar-refractivity contribution in [3.05, 3.63) is 23.8 Å². The van der Waals surface area contributed by atoms with E-state index in [-0.39, 0.29) is 11.8 Å². The van der Waals surface area contributed by atoms with Crippen molar-refractivity contribution in [2.75, 3.05) is 13.2 Å². The molecule has 1 aromatic rings. The number of benzene rings is 1. The lowest BCUT2D eigenvalue weighted by molar-refractivity contribution is -0.0500. The van der Waals surface area contributed by atoms with Crippen LogP contribution in [0.5, 0.6) is 11.5 Å². The molecule has 1 aromatic carbocycles. The van der Waals surface area contributed by atoms with Gasteiger partial charge in [0.25, 0.3) is 0 Å². The van der Waals surface area contributed by atoms with Crippen LogP contribution in [0.2, 0.25) is 0 Å². The Hall–Kier alpha value is -1.48. The van der Waals surface area contributed by atoms with Gasteiger partial charge in [-0.3, -0.25) is 4.90 Å². The van der Waals surface area contributed by atoms with E-state index in [2.05, 4.69) is 16.0 Å². The van der Waals surface area contributed by atoms with Gasteiger partial charge in [-0.25, -0.2) is 0 Å². The Morgan fingerprint density at radius 3 is 2.56 bits per heavy atom. The number of alkyl halides is 3. The van der Waals surface area contributed by atoms with E-state index < -0.39 is 15.6 Å². The summed E-state index contributed by atoms with van der Waals surface area (Å²) in [5.41, 5.74) is -5.09. The third-order valence-electron chi connectivity index (χ3n) is 5.19. The van der Waals surface area contributed by atoms with Gasteiger partial charge in [0.2, 0.25) is 0 Å². The molecule has 0 aromatic heterocycles. The van der Waals surface area contributed by atoms with E-state index in [0.29, 0.717) is 30.4 Å². The van der Waals surface area contributed by atoms with Crippen LogP contribution in [0.15, 0.2) is 18.2 Å². The van der Waals surface area contributed by atoms with Gasteiger partial charge in [0.1, 0.15) is 18.1 Å². The van der Waals surface area contributed by atoms with Gasteiger partial charge in [-0.2, -0.15) is 21.6 Å². The van der Waals surface area contributed by atoms with Crippen LogP contribution in [0.25, 0.3) is 0 Å². The molecule has 9 heteroatoms. The monoisotopic (exact) mass is 407 g/mol. The largest absolute Gasteiger partial charge is 0.534 e. The first-order valence-electron chi connectivity index (χ1n) is 9.24. The Kier molecular flexibility index (Phi) is 5.90. The van der Waals surface area contributed by atoms with Gasteiger partial charge < -0.3 is 8.92 Å². The van der Waals surface area contributed by atoms with E-state index in [1.165, 1.54) is 25.0 Å². The Bertz CT molecular complexity index is 760. The third kappa shape index (κ3) is 4.34. The molecule has 1 heterocycles. The van der Waals surface area contributed by atoms with Crippen molar-refractivity contribution in [3.63, 3.8) is 0 Å². The van der Waals surface area contributed by atoms with Gasteiger partial charge in [0, 0.05) is 17.6 Å². The zero-order valence-electron chi connectivity index (χ0n) is 15.2. The minimum Gasteiger partial charge on any atom is -0.492 e. The second kappa shape index (κ2) is 7.87. The van der Waals surface area contributed by atoms with Crippen LogP contribution in [0, 0.1) is 0 Å². The molecule has 0 saturated heterocycles. The van der Waals surface area contributed by atoms with Crippen molar-refractivity contribution < 1.29 is 30.5 Å². The Morgan fingerprint density at radius 1 is 1.22 bits per heavy atom. The minimum atomic E-state index is -5.72. The minimum absolute atomic E-state index is 0.0149. The number of halogens is 3. The quantitative estimate of drug-likeness (QED) is 0.529. The standard InChI is InChI=1S/C18H24F3NO4S/c1-2-10-22(13-6-3-4-7-13)14-11-15-16(25-12-14)8-5-9-17(15)26-27(23,24)18(19,20)21/h5,8-9,13-14H,2-4,6-7,10-12H2,1H3/t14-/m1/s1. The first kappa shape index (κ1) is 20.3. The lowest BCUT2D eigenvalue weighted by Gasteiger charge is -2.39. The maximum absolute atomic E-state index is 12.7. The topological polar surface area (TPSA) is 55.8 Å². The van der Waals surface area contributed by atoms with Gasteiger partial charge in [-0.05, 0) is 44.4 Å². The van der Waals surface area contributed by atoms with E-state index >= 15 is 0 Å². The highest BCUT2D eigenvalue weighted by molar-refractivity contribution is 7.88. The average molecular weight is 407 g/mol. The van der Waals surface area contributed by atoms with E-state index in [4.69, 9.17) is 4.74 Å². The molecule has 152 valence electrons. The van der Waals surface area contributed by atoms with Crippen LogP contribution in [-0.4, -0.2) is 44.1 Å². The lowest BCUT2D eigenvalue weighted by Crippen LogP contribution is -2.48. The molecule has 1 atom stereocenters. The molecule has 5 nitrogen and oxygen atoms in total. The number of hydrogen-bond acceptors (Lipinski definition) is 5. The summed E-state index contributed by atoms with van der Waals surface area (Å²) in [7, 11) is -5.72. The van der Waals surface area contributed by atoms with Crippen molar-refractivity contribution in [1.29, 1.82) is 0 Å². The Balaban J connectivity index is 1.85. The van der Waals surface area contributed by atoms with Gasteiger partial charge in [-0.1, -0.05) is 25.8 Å². The first-order chi connectivity index (χ1) is 12.7. The predicted octanol–water partition coefficient (Wildman–Crippen LogP) is 3.87. The fraction of sp³-hybridized carbons (Fsp3) is 0.667. The van der Waals surface area contributed by atoms with Crippen LogP contribution in [0.1, 0.15) is 44.6 Å². The Morgan fingerprint density at radius 2 is 1.93 bits per heavy atom. The van der Waals surface area contributed by atoms with Gasteiger partial charge in [-0.15, -0.1) is 0 Å². The number of rotatable bonds is 6. The molecular weight excluding hydrogens is 383 g/mol. The highest BCUT2D eigenvalue weighted by Crippen LogP contribution is 2.38. The molecule has 1 fully saturated rings. The molecular formula is C18H24F3NO4S. The fourth-order valence-corrected chi connectivity index (χ4v) is 4.46. The van der Waals surface area contributed by atoms with Crippen LogP contribution < -0.4 is 8.92 Å². The zero-order valence-corrected chi connectivity index (χ0v) is 16.0. The summed E-state index contributed by atoms with van der Waals surface area (Å²) in [5, 5.41) is 0. The lowest BCUT2D eigenvalue weighted by atomic mass is 9.98. The van der Waals surface area contributed by atoms with Crippen LogP contribution >= 0.6 is 0 Å². The molecule has 0 radical (unpaired) electrons. The molecule has 1 aliphatic heterocycles. The Labute approximate surface area is 157 Å². The number of hydrogen-bond donors (Lipinski definition) is 0. The third-order valence-corrected chi connectivity index (χ3v) is 6.15. The summed E-state index contributed by atoms with van der Waals surface area (Å²) >= 11 is 0. The zero-order chi connectivity index (χ0) is 19.7.